The number of aromatic carboxylic acids is 1. The Morgan fingerprint density at radius 2 is 2.24 bits per heavy atom. The minimum atomic E-state index is -0.989. The van der Waals surface area contributed by atoms with Crippen LogP contribution in [-0.2, 0) is 0 Å². The SMILES string of the molecule is O=C(O)c1ccc2nc(Nc3nc(C4CC4)cs3)oc2c1. The van der Waals surface area contributed by atoms with Crippen molar-refractivity contribution in [3.8, 4) is 0 Å². The number of carbonyl (C=O) groups is 1. The number of benzene rings is 1. The first-order valence-electron chi connectivity index (χ1n) is 6.55. The molecule has 1 aromatic carbocycles. The Morgan fingerprint density at radius 3 is 3.00 bits per heavy atom. The second-order valence-corrected chi connectivity index (χ2v) is 5.84. The second-order valence-electron chi connectivity index (χ2n) is 4.98. The fourth-order valence-corrected chi connectivity index (χ4v) is 2.89. The lowest BCUT2D eigenvalue weighted by atomic mass is 10.2. The maximum atomic E-state index is 10.9. The van der Waals surface area contributed by atoms with E-state index in [1.54, 1.807) is 6.07 Å². The minimum absolute atomic E-state index is 0.176. The molecule has 0 bridgehead atoms. The van der Waals surface area contributed by atoms with E-state index >= 15 is 0 Å². The third-order valence-corrected chi connectivity index (χ3v) is 4.14. The number of hydrogen-bond acceptors (Lipinski definition) is 6. The van der Waals surface area contributed by atoms with Crippen molar-refractivity contribution in [2.45, 2.75) is 18.8 Å². The maximum absolute atomic E-state index is 10.9. The quantitative estimate of drug-likeness (QED) is 0.765. The summed E-state index contributed by atoms with van der Waals surface area (Å²) in [7, 11) is 0. The summed E-state index contributed by atoms with van der Waals surface area (Å²) in [6.07, 6.45) is 2.42. The second kappa shape index (κ2) is 4.56. The van der Waals surface area contributed by atoms with Gasteiger partial charge in [-0.05, 0) is 31.0 Å². The lowest BCUT2D eigenvalue weighted by Gasteiger charge is -1.94. The van der Waals surface area contributed by atoms with Crippen LogP contribution >= 0.6 is 11.3 Å². The van der Waals surface area contributed by atoms with E-state index in [2.05, 4.69) is 15.3 Å². The van der Waals surface area contributed by atoms with Crippen LogP contribution in [0.1, 0.15) is 34.8 Å². The Kier molecular flexibility index (Phi) is 2.68. The number of oxazole rings is 1. The van der Waals surface area contributed by atoms with Crippen LogP contribution in [0.3, 0.4) is 0 Å². The average Bonchev–Trinajstić information content (AvgIpc) is 3.07. The highest BCUT2D eigenvalue weighted by molar-refractivity contribution is 7.13. The van der Waals surface area contributed by atoms with Gasteiger partial charge in [0.25, 0.3) is 0 Å². The molecule has 3 aromatic rings. The summed E-state index contributed by atoms with van der Waals surface area (Å²) in [4.78, 5) is 19.7. The third-order valence-electron chi connectivity index (χ3n) is 3.37. The van der Waals surface area contributed by atoms with Crippen LogP contribution in [0, 0.1) is 0 Å². The minimum Gasteiger partial charge on any atom is -0.478 e. The number of hydrogen-bond donors (Lipinski definition) is 2. The van der Waals surface area contributed by atoms with Crippen molar-refractivity contribution < 1.29 is 14.3 Å². The molecule has 106 valence electrons. The van der Waals surface area contributed by atoms with Gasteiger partial charge in [0, 0.05) is 11.3 Å². The van der Waals surface area contributed by atoms with Gasteiger partial charge in [-0.3, -0.25) is 5.32 Å². The summed E-state index contributed by atoms with van der Waals surface area (Å²) in [6, 6.07) is 4.92. The molecule has 4 rings (SSSR count). The molecule has 6 nitrogen and oxygen atoms in total. The van der Waals surface area contributed by atoms with E-state index in [-0.39, 0.29) is 5.56 Å². The van der Waals surface area contributed by atoms with Gasteiger partial charge in [-0.2, -0.15) is 4.98 Å². The Bertz CT molecular complexity index is 835. The van der Waals surface area contributed by atoms with Crippen molar-refractivity contribution in [1.82, 2.24) is 9.97 Å². The molecular weight excluding hydrogens is 290 g/mol. The highest BCUT2D eigenvalue weighted by Crippen LogP contribution is 2.41. The lowest BCUT2D eigenvalue weighted by molar-refractivity contribution is 0.0697. The first-order chi connectivity index (χ1) is 10.2. The summed E-state index contributed by atoms with van der Waals surface area (Å²) in [6.45, 7) is 0. The average molecular weight is 301 g/mol. The Labute approximate surface area is 123 Å². The number of nitrogens with one attached hydrogen (secondary N) is 1. The molecule has 0 unspecified atom stereocenters. The van der Waals surface area contributed by atoms with Crippen LogP contribution in [0.4, 0.5) is 11.1 Å². The summed E-state index contributed by atoms with van der Waals surface area (Å²) >= 11 is 1.51. The smallest absolute Gasteiger partial charge is 0.335 e. The number of aromatic nitrogens is 2. The van der Waals surface area contributed by atoms with Crippen molar-refractivity contribution >= 4 is 39.6 Å². The predicted octanol–water partition coefficient (Wildman–Crippen LogP) is 3.60. The van der Waals surface area contributed by atoms with Gasteiger partial charge in [0.2, 0.25) is 0 Å². The monoisotopic (exact) mass is 301 g/mol. The van der Waals surface area contributed by atoms with Gasteiger partial charge in [0.15, 0.2) is 10.7 Å². The van der Waals surface area contributed by atoms with E-state index in [4.69, 9.17) is 9.52 Å². The van der Waals surface area contributed by atoms with Crippen LogP contribution < -0.4 is 5.32 Å². The molecule has 2 heterocycles. The van der Waals surface area contributed by atoms with Crippen LogP contribution in [0.2, 0.25) is 0 Å². The Morgan fingerprint density at radius 1 is 1.38 bits per heavy atom. The van der Waals surface area contributed by atoms with E-state index < -0.39 is 5.97 Å². The summed E-state index contributed by atoms with van der Waals surface area (Å²) in [5.74, 6) is -0.379. The zero-order chi connectivity index (χ0) is 14.4. The zero-order valence-electron chi connectivity index (χ0n) is 10.9. The van der Waals surface area contributed by atoms with Crippen molar-refractivity contribution in [1.29, 1.82) is 0 Å². The standard InChI is InChI=1S/C14H11N3O3S/c18-12(19)8-3-4-9-11(5-8)20-13(15-9)17-14-16-10(6-21-14)7-1-2-7/h3-7H,1-2H2,(H,18,19)(H,15,16,17). The van der Waals surface area contributed by atoms with E-state index in [0.717, 1.165) is 10.8 Å². The number of carboxylic acid groups (broad SMARTS) is 1. The molecule has 1 aliphatic carbocycles. The molecule has 1 fully saturated rings. The summed E-state index contributed by atoms with van der Waals surface area (Å²) in [5, 5.41) is 14.8. The van der Waals surface area contributed by atoms with Gasteiger partial charge in [-0.15, -0.1) is 11.3 Å². The van der Waals surface area contributed by atoms with Crippen LogP contribution in [0.5, 0.6) is 0 Å². The highest BCUT2D eigenvalue weighted by Gasteiger charge is 2.26. The molecule has 7 heteroatoms. The Balaban J connectivity index is 1.61. The summed E-state index contributed by atoms with van der Waals surface area (Å²) in [5.41, 5.74) is 2.35. The van der Waals surface area contributed by atoms with Gasteiger partial charge in [-0.1, -0.05) is 0 Å². The maximum Gasteiger partial charge on any atom is 0.335 e. The number of thiazole rings is 1. The largest absolute Gasteiger partial charge is 0.478 e. The lowest BCUT2D eigenvalue weighted by Crippen LogP contribution is -1.94. The molecule has 0 spiro atoms. The van der Waals surface area contributed by atoms with Gasteiger partial charge in [0.1, 0.15) is 5.52 Å². The molecule has 2 N–H and O–H groups in total. The van der Waals surface area contributed by atoms with Gasteiger partial charge < -0.3 is 9.52 Å². The van der Waals surface area contributed by atoms with Crippen molar-refractivity contribution in [3.05, 3.63) is 34.8 Å². The molecule has 0 aliphatic heterocycles. The van der Waals surface area contributed by atoms with Crippen LogP contribution in [-0.4, -0.2) is 21.0 Å². The first-order valence-corrected chi connectivity index (χ1v) is 7.43. The molecule has 0 amide bonds. The van der Waals surface area contributed by atoms with E-state index in [1.807, 2.05) is 5.38 Å². The van der Waals surface area contributed by atoms with Crippen molar-refractivity contribution in [2.24, 2.45) is 0 Å². The van der Waals surface area contributed by atoms with Gasteiger partial charge in [0.05, 0.1) is 11.3 Å². The molecule has 0 atom stereocenters. The molecule has 2 aromatic heterocycles. The fourth-order valence-electron chi connectivity index (χ4n) is 2.11. The van der Waals surface area contributed by atoms with Gasteiger partial charge in [-0.25, -0.2) is 9.78 Å². The van der Waals surface area contributed by atoms with E-state index in [1.165, 1.54) is 36.3 Å². The number of rotatable bonds is 4. The first kappa shape index (κ1) is 12.3. The summed E-state index contributed by atoms with van der Waals surface area (Å²) < 4.78 is 5.53. The van der Waals surface area contributed by atoms with Crippen molar-refractivity contribution in [2.75, 3.05) is 5.32 Å². The van der Waals surface area contributed by atoms with E-state index in [0.29, 0.717) is 23.0 Å². The molecule has 0 saturated heterocycles. The highest BCUT2D eigenvalue weighted by atomic mass is 32.1. The Hall–Kier alpha value is -2.41. The molecule has 1 aliphatic rings. The van der Waals surface area contributed by atoms with Crippen molar-refractivity contribution in [3.63, 3.8) is 0 Å². The number of carboxylic acids is 1. The number of anilines is 2. The van der Waals surface area contributed by atoms with Crippen LogP contribution in [0.25, 0.3) is 11.1 Å². The normalized spacial score (nSPS) is 14.5. The van der Waals surface area contributed by atoms with Crippen LogP contribution in [0.15, 0.2) is 28.0 Å². The molecule has 21 heavy (non-hydrogen) atoms. The number of nitrogens with zero attached hydrogens (tertiary/aromatic N) is 2. The molecular formula is C14H11N3O3S. The zero-order valence-corrected chi connectivity index (χ0v) is 11.7. The third kappa shape index (κ3) is 2.36. The molecule has 0 radical (unpaired) electrons. The van der Waals surface area contributed by atoms with E-state index in [9.17, 15) is 4.79 Å². The van der Waals surface area contributed by atoms with Gasteiger partial charge >= 0.3 is 12.0 Å². The number of fused-ring (bicyclic) bond motifs is 1. The fraction of sp³-hybridized carbons (Fsp3) is 0.214. The molecule has 1 saturated carbocycles. The predicted molar refractivity (Wildman–Crippen MR) is 78.3 cm³/mol. The topological polar surface area (TPSA) is 88.2 Å².